The van der Waals surface area contributed by atoms with Gasteiger partial charge in [0.15, 0.2) is 11.5 Å². The van der Waals surface area contributed by atoms with E-state index in [-0.39, 0.29) is 34.2 Å². The van der Waals surface area contributed by atoms with Crippen LogP contribution in [0.4, 0.5) is 5.69 Å². The molecule has 206 valence electrons. The molecule has 0 spiro atoms. The van der Waals surface area contributed by atoms with Gasteiger partial charge in [0, 0.05) is 0 Å². The molecule has 0 aliphatic heterocycles. The predicted octanol–water partition coefficient (Wildman–Crippen LogP) is 5.33. The van der Waals surface area contributed by atoms with Crippen LogP contribution < -0.4 is 19.2 Å². The molecule has 9 nitrogen and oxygen atoms in total. The smallest absolute Gasteiger partial charge is 0.273 e. The number of methoxy groups -OCH3 is 2. The second-order valence-corrected chi connectivity index (χ2v) is 11.2. The molecule has 4 aromatic rings. The molecule has 0 fully saturated rings. The number of rotatable bonds is 10. The van der Waals surface area contributed by atoms with E-state index in [1.807, 2.05) is 30.3 Å². The number of nitrogens with zero attached hydrogens (tertiary/aromatic N) is 2. The van der Waals surface area contributed by atoms with Crippen molar-refractivity contribution in [3.63, 3.8) is 0 Å². The van der Waals surface area contributed by atoms with Gasteiger partial charge in [-0.1, -0.05) is 42.5 Å². The molecule has 0 atom stereocenters. The number of halogens is 1. The number of ether oxygens (including phenoxy) is 2. The molecule has 4 rings (SSSR count). The van der Waals surface area contributed by atoms with Gasteiger partial charge in [-0.3, -0.25) is 9.10 Å². The molecule has 0 aliphatic carbocycles. The zero-order valence-corrected chi connectivity index (χ0v) is 24.0. The summed E-state index contributed by atoms with van der Waals surface area (Å²) in [5, 5.41) is 14.0. The van der Waals surface area contributed by atoms with E-state index < -0.39 is 15.9 Å². The molecular weight excluding hydrogens is 598 g/mol. The molecule has 0 saturated carbocycles. The second-order valence-electron chi connectivity index (χ2n) is 8.44. The Hall–Kier alpha value is -4.35. The molecule has 0 radical (unpaired) electrons. The van der Waals surface area contributed by atoms with Crippen LogP contribution in [0.1, 0.15) is 21.5 Å². The molecule has 0 heterocycles. The lowest BCUT2D eigenvalue weighted by atomic mass is 10.1. The molecule has 0 saturated heterocycles. The van der Waals surface area contributed by atoms with Crippen LogP contribution >= 0.6 is 15.9 Å². The number of hydrogen-bond acceptors (Lipinski definition) is 7. The number of phenolic OH excluding ortho intramolecular Hbond substituents is 1. The number of aromatic hydroxyl groups is 1. The third kappa shape index (κ3) is 6.44. The van der Waals surface area contributed by atoms with E-state index >= 15 is 0 Å². The van der Waals surface area contributed by atoms with E-state index in [9.17, 15) is 18.3 Å². The monoisotopic (exact) mass is 623 g/mol. The third-order valence-corrected chi connectivity index (χ3v) is 8.26. The highest BCUT2D eigenvalue weighted by Gasteiger charge is 2.28. The fourth-order valence-electron chi connectivity index (χ4n) is 3.86. The number of benzene rings is 4. The minimum Gasteiger partial charge on any atom is -0.503 e. The number of sulfonamides is 1. The molecule has 40 heavy (non-hydrogen) atoms. The van der Waals surface area contributed by atoms with Crippen molar-refractivity contribution in [3.05, 3.63) is 112 Å². The Balaban J connectivity index is 1.69. The van der Waals surface area contributed by atoms with Crippen LogP contribution in [0.3, 0.4) is 0 Å². The van der Waals surface area contributed by atoms with Gasteiger partial charge in [0.05, 0.1) is 47.6 Å². The summed E-state index contributed by atoms with van der Waals surface area (Å²) in [5.74, 6) is 0.0751. The van der Waals surface area contributed by atoms with Gasteiger partial charge in [-0.05, 0) is 75.6 Å². The predicted molar refractivity (Wildman–Crippen MR) is 157 cm³/mol. The van der Waals surface area contributed by atoms with Crippen molar-refractivity contribution < 1.29 is 27.8 Å². The lowest BCUT2D eigenvalue weighted by Gasteiger charge is -2.26. The summed E-state index contributed by atoms with van der Waals surface area (Å²) in [4.78, 5) is 13.3. The van der Waals surface area contributed by atoms with E-state index in [0.717, 1.165) is 5.56 Å². The highest BCUT2D eigenvalue weighted by Crippen LogP contribution is 2.35. The van der Waals surface area contributed by atoms with E-state index in [4.69, 9.17) is 9.47 Å². The van der Waals surface area contributed by atoms with Crippen molar-refractivity contribution in [2.75, 3.05) is 18.5 Å². The van der Waals surface area contributed by atoms with Crippen molar-refractivity contribution in [3.8, 4) is 17.2 Å². The van der Waals surface area contributed by atoms with Crippen LogP contribution in [0.15, 0.2) is 105 Å². The lowest BCUT2D eigenvalue weighted by Crippen LogP contribution is -2.33. The van der Waals surface area contributed by atoms with Crippen LogP contribution in [0, 0.1) is 0 Å². The summed E-state index contributed by atoms with van der Waals surface area (Å²) in [7, 11) is -1.18. The Kier molecular flexibility index (Phi) is 9.08. The van der Waals surface area contributed by atoms with Gasteiger partial charge in [-0.25, -0.2) is 13.8 Å². The average molecular weight is 625 g/mol. The van der Waals surface area contributed by atoms with E-state index in [1.54, 1.807) is 42.5 Å². The van der Waals surface area contributed by atoms with Crippen LogP contribution in [0.25, 0.3) is 0 Å². The maximum atomic E-state index is 13.9. The summed E-state index contributed by atoms with van der Waals surface area (Å²) in [5.41, 5.74) is 4.03. The maximum absolute atomic E-state index is 13.9. The summed E-state index contributed by atoms with van der Waals surface area (Å²) >= 11 is 3.25. The lowest BCUT2D eigenvalue weighted by molar-refractivity contribution is 0.0955. The number of phenols is 1. The number of para-hydroxylation sites is 1. The molecule has 1 amide bonds. The maximum Gasteiger partial charge on any atom is 0.273 e. The first-order chi connectivity index (χ1) is 19.2. The van der Waals surface area contributed by atoms with Crippen molar-refractivity contribution in [1.82, 2.24) is 5.43 Å². The molecule has 11 heteroatoms. The Bertz CT molecular complexity index is 1630. The standard InChI is InChI=1S/C29H26BrN3O6S/c1-38-22-12-14-23(15-13-22)40(36,37)33(19-20-8-4-3-5-9-20)26-11-7-6-10-24(26)29(35)32-31-18-21-16-25(30)28(34)27(17-21)39-2/h3-18,34H,19H2,1-2H3,(H,32,35)/b31-18+. The van der Waals surface area contributed by atoms with E-state index in [1.165, 1.54) is 42.9 Å². The number of amides is 1. The normalized spacial score (nSPS) is 11.3. The van der Waals surface area contributed by atoms with Gasteiger partial charge < -0.3 is 14.6 Å². The first-order valence-electron chi connectivity index (χ1n) is 11.9. The van der Waals surface area contributed by atoms with Gasteiger partial charge in [-0.15, -0.1) is 0 Å². The van der Waals surface area contributed by atoms with Crippen LogP contribution in [0.2, 0.25) is 0 Å². The topological polar surface area (TPSA) is 118 Å². The Labute approximate surface area is 240 Å². The number of carbonyl (C=O) groups excluding carboxylic acids is 1. The zero-order chi connectivity index (χ0) is 28.7. The fraction of sp³-hybridized carbons (Fsp3) is 0.103. The summed E-state index contributed by atoms with van der Waals surface area (Å²) in [6.45, 7) is -0.00983. The van der Waals surface area contributed by atoms with Crippen molar-refractivity contribution in [1.29, 1.82) is 0 Å². The summed E-state index contributed by atoms with van der Waals surface area (Å²) in [6.07, 6.45) is 1.38. The summed E-state index contributed by atoms with van der Waals surface area (Å²) in [6, 6.07) is 24.7. The van der Waals surface area contributed by atoms with Gasteiger partial charge >= 0.3 is 0 Å². The van der Waals surface area contributed by atoms with Gasteiger partial charge in [0.1, 0.15) is 5.75 Å². The SMILES string of the molecule is COc1ccc(S(=O)(=O)N(Cc2ccccc2)c2ccccc2C(=O)N/N=C/c2cc(Br)c(O)c(OC)c2)cc1. The minimum atomic E-state index is -4.10. The second kappa shape index (κ2) is 12.7. The van der Waals surface area contributed by atoms with Crippen LogP contribution in [-0.2, 0) is 16.6 Å². The average Bonchev–Trinajstić information content (AvgIpc) is 2.98. The Morgan fingerprint density at radius 3 is 2.33 bits per heavy atom. The van der Waals surface area contributed by atoms with Crippen molar-refractivity contribution in [2.24, 2.45) is 5.10 Å². The molecule has 0 aliphatic rings. The zero-order valence-electron chi connectivity index (χ0n) is 21.6. The molecule has 4 aromatic carbocycles. The van der Waals surface area contributed by atoms with Crippen molar-refractivity contribution >= 4 is 43.8 Å². The van der Waals surface area contributed by atoms with Crippen LogP contribution in [0.5, 0.6) is 17.2 Å². The molecule has 0 aromatic heterocycles. The molecule has 2 N–H and O–H groups in total. The molecule has 0 unspecified atom stereocenters. The fourth-order valence-corrected chi connectivity index (χ4v) is 5.79. The number of anilines is 1. The third-order valence-electron chi connectivity index (χ3n) is 5.88. The first kappa shape index (κ1) is 28.7. The van der Waals surface area contributed by atoms with Gasteiger partial charge in [0.25, 0.3) is 15.9 Å². The Morgan fingerprint density at radius 2 is 1.65 bits per heavy atom. The van der Waals surface area contributed by atoms with Crippen molar-refractivity contribution in [2.45, 2.75) is 11.4 Å². The number of hydrogen-bond donors (Lipinski definition) is 2. The Morgan fingerprint density at radius 1 is 0.975 bits per heavy atom. The van der Waals surface area contributed by atoms with Gasteiger partial charge in [0.2, 0.25) is 0 Å². The first-order valence-corrected chi connectivity index (χ1v) is 14.2. The highest BCUT2D eigenvalue weighted by molar-refractivity contribution is 9.10. The number of hydrazone groups is 1. The quantitative estimate of drug-likeness (QED) is 0.182. The summed E-state index contributed by atoms with van der Waals surface area (Å²) < 4.78 is 39.7. The number of nitrogens with one attached hydrogen (secondary N) is 1. The largest absolute Gasteiger partial charge is 0.503 e. The number of carbonyl (C=O) groups is 1. The van der Waals surface area contributed by atoms with Gasteiger partial charge in [-0.2, -0.15) is 5.10 Å². The molecule has 0 bridgehead atoms. The highest BCUT2D eigenvalue weighted by atomic mass is 79.9. The minimum absolute atomic E-state index is 0.00983. The van der Waals surface area contributed by atoms with E-state index in [0.29, 0.717) is 15.8 Å². The van der Waals surface area contributed by atoms with Crippen LogP contribution in [-0.4, -0.2) is 39.9 Å². The molecular formula is C29H26BrN3O6S. The van der Waals surface area contributed by atoms with E-state index in [2.05, 4.69) is 26.5 Å².